The minimum absolute atomic E-state index is 0.0625. The van der Waals surface area contributed by atoms with Gasteiger partial charge in [0.15, 0.2) is 0 Å². The molecule has 0 aliphatic rings. The van der Waals surface area contributed by atoms with Crippen molar-refractivity contribution in [2.75, 3.05) is 0 Å². The van der Waals surface area contributed by atoms with Gasteiger partial charge in [-0.15, -0.1) is 0 Å². The van der Waals surface area contributed by atoms with Gasteiger partial charge >= 0.3 is 21.0 Å². The topological polar surface area (TPSA) is 51.2 Å². The van der Waals surface area contributed by atoms with Gasteiger partial charge in [0.2, 0.25) is 0 Å². The standard InChI is InChI=1S/C5H8O2.O.V/c1-4(6)3-5(2)7;;/h3H2,1-2H3;;/q;;+2. The third-order valence-electron chi connectivity index (χ3n) is 0.498. The van der Waals surface area contributed by atoms with Crippen LogP contribution in [0.2, 0.25) is 0 Å². The average molecular weight is 167 g/mol. The van der Waals surface area contributed by atoms with E-state index in [0.717, 1.165) is 17.4 Å². The van der Waals surface area contributed by atoms with Gasteiger partial charge in [-0.3, -0.25) is 9.59 Å². The number of carbonyl (C=O) groups is 2. The summed E-state index contributed by atoms with van der Waals surface area (Å²) in [7, 11) is 0. The molecule has 9 heavy (non-hydrogen) atoms. The van der Waals surface area contributed by atoms with E-state index < -0.39 is 0 Å². The Labute approximate surface area is 63.0 Å². The molecular formula is C5H8O3V+2. The molecule has 0 saturated heterocycles. The van der Waals surface area contributed by atoms with Gasteiger partial charge in [-0.1, -0.05) is 0 Å². The van der Waals surface area contributed by atoms with Gasteiger partial charge in [0.05, 0.1) is 6.42 Å². The fourth-order valence-electron chi connectivity index (χ4n) is 0.351. The van der Waals surface area contributed by atoms with E-state index in [2.05, 4.69) is 0 Å². The average Bonchev–Trinajstić information content (AvgIpc) is 1.68. The van der Waals surface area contributed by atoms with Crippen LogP contribution in [-0.2, 0) is 30.6 Å². The summed E-state index contributed by atoms with van der Waals surface area (Å²) in [5.41, 5.74) is 0. The normalized spacial score (nSPS) is 7.11. The summed E-state index contributed by atoms with van der Waals surface area (Å²) >= 11 is 1.06. The van der Waals surface area contributed by atoms with E-state index in [1.807, 2.05) is 0 Å². The molecule has 0 aliphatic heterocycles. The Kier molecular flexibility index (Phi) is 9.88. The van der Waals surface area contributed by atoms with E-state index in [1.54, 1.807) is 0 Å². The summed E-state index contributed by atoms with van der Waals surface area (Å²) in [6, 6.07) is 0. The Bertz CT molecular complexity index is 98.8. The number of hydrogen-bond donors (Lipinski definition) is 0. The zero-order valence-corrected chi connectivity index (χ0v) is 6.78. The fourth-order valence-corrected chi connectivity index (χ4v) is 0.351. The van der Waals surface area contributed by atoms with E-state index in [0.29, 0.717) is 0 Å². The van der Waals surface area contributed by atoms with E-state index in [9.17, 15) is 9.59 Å². The Hall–Kier alpha value is -0.276. The maximum absolute atomic E-state index is 10.0. The van der Waals surface area contributed by atoms with Gasteiger partial charge in [0.25, 0.3) is 0 Å². The monoisotopic (exact) mass is 167 g/mol. The summed E-state index contributed by atoms with van der Waals surface area (Å²) in [6.45, 7) is 2.81. The first kappa shape index (κ1) is 11.5. The first-order chi connectivity index (χ1) is 4.13. The summed E-state index contributed by atoms with van der Waals surface area (Å²) in [4.78, 5) is 20.1. The Morgan fingerprint density at radius 2 is 1.33 bits per heavy atom. The molecule has 0 atom stereocenters. The Morgan fingerprint density at radius 3 is 1.33 bits per heavy atom. The van der Waals surface area contributed by atoms with Crippen molar-refractivity contribution < 1.29 is 30.6 Å². The summed E-state index contributed by atoms with van der Waals surface area (Å²) < 4.78 is 8.19. The predicted molar refractivity (Wildman–Crippen MR) is 26.7 cm³/mol. The quantitative estimate of drug-likeness (QED) is 0.560. The molecule has 0 spiro atoms. The van der Waals surface area contributed by atoms with Crippen molar-refractivity contribution in [2.45, 2.75) is 20.3 Å². The van der Waals surface area contributed by atoms with Crippen LogP contribution in [0.1, 0.15) is 20.3 Å². The van der Waals surface area contributed by atoms with Crippen molar-refractivity contribution in [3.05, 3.63) is 0 Å². The van der Waals surface area contributed by atoms with Crippen molar-refractivity contribution in [1.82, 2.24) is 0 Å². The number of ketones is 2. The van der Waals surface area contributed by atoms with Gasteiger partial charge in [-0.05, 0) is 13.8 Å². The molecule has 0 fully saturated rings. The third-order valence-corrected chi connectivity index (χ3v) is 0.498. The van der Waals surface area contributed by atoms with Crippen LogP contribution in [0.4, 0.5) is 0 Å². The van der Waals surface area contributed by atoms with Crippen LogP contribution in [0.5, 0.6) is 0 Å². The zero-order chi connectivity index (χ0) is 7.86. The van der Waals surface area contributed by atoms with Crippen LogP contribution < -0.4 is 0 Å². The van der Waals surface area contributed by atoms with Crippen LogP contribution in [0.3, 0.4) is 0 Å². The number of hydrogen-bond acceptors (Lipinski definition) is 3. The molecule has 4 heteroatoms. The molecule has 0 bridgehead atoms. The first-order valence-electron chi connectivity index (χ1n) is 2.30. The molecule has 49 valence electrons. The second-order valence-electron chi connectivity index (χ2n) is 1.58. The molecule has 0 rings (SSSR count). The molecule has 0 radical (unpaired) electrons. The second kappa shape index (κ2) is 7.72. The van der Waals surface area contributed by atoms with Gasteiger partial charge in [0.1, 0.15) is 11.6 Å². The third kappa shape index (κ3) is 18.2. The van der Waals surface area contributed by atoms with Crippen LogP contribution >= 0.6 is 0 Å². The molecule has 0 saturated carbocycles. The summed E-state index contributed by atoms with van der Waals surface area (Å²) in [5, 5.41) is 0. The summed E-state index contributed by atoms with van der Waals surface area (Å²) in [6.07, 6.45) is 0.0833. The molecule has 0 aromatic carbocycles. The molecule has 0 aromatic rings. The number of Topliss-reactive ketones (excluding diaryl/α,β-unsaturated/α-hetero) is 2. The molecule has 3 nitrogen and oxygen atoms in total. The van der Waals surface area contributed by atoms with Crippen molar-refractivity contribution in [2.24, 2.45) is 0 Å². The second-order valence-corrected chi connectivity index (χ2v) is 1.58. The van der Waals surface area contributed by atoms with Gasteiger partial charge < -0.3 is 0 Å². The maximum atomic E-state index is 10.0. The van der Waals surface area contributed by atoms with Crippen molar-refractivity contribution in [1.29, 1.82) is 0 Å². The number of rotatable bonds is 2. The molecule has 0 aliphatic carbocycles. The Morgan fingerprint density at radius 1 is 1.11 bits per heavy atom. The molecule has 0 unspecified atom stereocenters. The van der Waals surface area contributed by atoms with Gasteiger partial charge in [-0.2, -0.15) is 0 Å². The van der Waals surface area contributed by atoms with Gasteiger partial charge in [-0.25, -0.2) is 0 Å². The van der Waals surface area contributed by atoms with E-state index in [1.165, 1.54) is 13.8 Å². The molecule has 0 aromatic heterocycles. The van der Waals surface area contributed by atoms with Crippen molar-refractivity contribution in [3.8, 4) is 0 Å². The van der Waals surface area contributed by atoms with Crippen LogP contribution in [0.15, 0.2) is 0 Å². The predicted octanol–water partition coefficient (Wildman–Crippen LogP) is 0.433. The first-order valence-corrected chi connectivity index (χ1v) is 2.87. The zero-order valence-electron chi connectivity index (χ0n) is 5.38. The molecule has 0 heterocycles. The minimum atomic E-state index is -0.0625. The van der Waals surface area contributed by atoms with E-state index >= 15 is 0 Å². The molecule has 0 N–H and O–H groups in total. The van der Waals surface area contributed by atoms with Crippen LogP contribution in [0.25, 0.3) is 0 Å². The molecule has 0 amide bonds. The van der Waals surface area contributed by atoms with Crippen molar-refractivity contribution >= 4 is 11.6 Å². The van der Waals surface area contributed by atoms with E-state index in [-0.39, 0.29) is 18.0 Å². The van der Waals surface area contributed by atoms with E-state index in [4.69, 9.17) is 3.67 Å². The molecular weight excluding hydrogens is 159 g/mol. The summed E-state index contributed by atoms with van der Waals surface area (Å²) in [5.74, 6) is -0.125. The number of carbonyl (C=O) groups excluding carboxylic acids is 2. The van der Waals surface area contributed by atoms with Crippen molar-refractivity contribution in [3.63, 3.8) is 0 Å². The van der Waals surface area contributed by atoms with Crippen LogP contribution in [0, 0.1) is 0 Å². The SMILES string of the molecule is CC(=O)CC(C)=O.[O]=[V+2]. The Balaban J connectivity index is 0. The fraction of sp³-hybridized carbons (Fsp3) is 0.600. The van der Waals surface area contributed by atoms with Crippen LogP contribution in [-0.4, -0.2) is 11.6 Å². The van der Waals surface area contributed by atoms with Gasteiger partial charge in [0, 0.05) is 0 Å².